The van der Waals surface area contributed by atoms with Gasteiger partial charge >= 0.3 is 0 Å². The van der Waals surface area contributed by atoms with Crippen LogP contribution < -0.4 is 5.32 Å². The Hall–Kier alpha value is -1.54. The van der Waals surface area contributed by atoms with E-state index in [9.17, 15) is 10.1 Å². The van der Waals surface area contributed by atoms with E-state index in [1.165, 1.54) is 22.3 Å². The molecule has 23 heavy (non-hydrogen) atoms. The number of thiophene rings is 1. The summed E-state index contributed by atoms with van der Waals surface area (Å²) < 4.78 is 0. The van der Waals surface area contributed by atoms with Gasteiger partial charge in [-0.25, -0.2) is 0 Å². The fourth-order valence-electron chi connectivity index (χ4n) is 2.81. The molecular formula is C17H14Cl2N2OS. The molecule has 1 atom stereocenters. The van der Waals surface area contributed by atoms with Crippen molar-refractivity contribution < 1.29 is 4.79 Å². The molecule has 3 nitrogen and oxygen atoms in total. The van der Waals surface area contributed by atoms with Crippen molar-refractivity contribution in [2.24, 2.45) is 5.92 Å². The molecule has 1 amide bonds. The summed E-state index contributed by atoms with van der Waals surface area (Å²) in [5.74, 6) is 0.244. The van der Waals surface area contributed by atoms with E-state index in [1.54, 1.807) is 12.1 Å². The highest BCUT2D eigenvalue weighted by molar-refractivity contribution is 7.16. The van der Waals surface area contributed by atoms with Crippen LogP contribution in [0.15, 0.2) is 18.2 Å². The maximum absolute atomic E-state index is 12.5. The molecule has 1 N–H and O–H groups in total. The molecule has 6 heteroatoms. The van der Waals surface area contributed by atoms with Crippen LogP contribution in [0, 0.1) is 17.2 Å². The van der Waals surface area contributed by atoms with Crippen LogP contribution in [0.5, 0.6) is 0 Å². The lowest BCUT2D eigenvalue weighted by Crippen LogP contribution is -2.13. The Morgan fingerprint density at radius 1 is 1.43 bits per heavy atom. The molecule has 0 aliphatic heterocycles. The highest BCUT2D eigenvalue weighted by Gasteiger charge is 2.25. The van der Waals surface area contributed by atoms with Gasteiger partial charge in [0, 0.05) is 9.90 Å². The third kappa shape index (κ3) is 3.23. The number of carbonyl (C=O) groups excluding carboxylic acids is 1. The molecule has 1 aliphatic carbocycles. The molecule has 0 saturated heterocycles. The van der Waals surface area contributed by atoms with Gasteiger partial charge in [0.1, 0.15) is 11.1 Å². The van der Waals surface area contributed by atoms with Gasteiger partial charge in [-0.2, -0.15) is 5.26 Å². The van der Waals surface area contributed by atoms with Crippen molar-refractivity contribution in [3.8, 4) is 6.07 Å². The number of anilines is 1. The number of hydrogen-bond acceptors (Lipinski definition) is 3. The van der Waals surface area contributed by atoms with E-state index in [4.69, 9.17) is 23.2 Å². The number of amides is 1. The first kappa shape index (κ1) is 16.3. The molecule has 0 fully saturated rings. The lowest BCUT2D eigenvalue weighted by atomic mass is 9.88. The van der Waals surface area contributed by atoms with Crippen LogP contribution in [0.2, 0.25) is 10.0 Å². The second-order valence-electron chi connectivity index (χ2n) is 5.75. The van der Waals surface area contributed by atoms with Gasteiger partial charge in [-0.05, 0) is 48.9 Å². The largest absolute Gasteiger partial charge is 0.312 e. The first-order chi connectivity index (χ1) is 11.0. The number of benzene rings is 1. The Morgan fingerprint density at radius 3 is 2.91 bits per heavy atom. The van der Waals surface area contributed by atoms with Crippen molar-refractivity contribution in [3.05, 3.63) is 49.8 Å². The molecule has 118 valence electrons. The van der Waals surface area contributed by atoms with Crippen molar-refractivity contribution in [2.45, 2.75) is 26.2 Å². The van der Waals surface area contributed by atoms with Gasteiger partial charge in [0.2, 0.25) is 0 Å². The molecule has 0 unspecified atom stereocenters. The highest BCUT2D eigenvalue weighted by atomic mass is 35.5. The number of hydrogen-bond donors (Lipinski definition) is 1. The summed E-state index contributed by atoms with van der Waals surface area (Å²) in [6.07, 6.45) is 2.98. The SMILES string of the molecule is C[C@H]1CCc2sc(NC(=O)c3ccc(Cl)cc3Cl)c(C#N)c2C1. The Morgan fingerprint density at radius 2 is 2.22 bits per heavy atom. The molecule has 0 spiro atoms. The van der Waals surface area contributed by atoms with Crippen molar-refractivity contribution in [1.82, 2.24) is 0 Å². The number of nitrogens with one attached hydrogen (secondary N) is 1. The van der Waals surface area contributed by atoms with E-state index in [0.29, 0.717) is 32.1 Å². The van der Waals surface area contributed by atoms with E-state index in [1.807, 2.05) is 0 Å². The van der Waals surface area contributed by atoms with Gasteiger partial charge in [0.15, 0.2) is 0 Å². The zero-order valence-corrected chi connectivity index (χ0v) is 14.8. The Balaban J connectivity index is 1.91. The van der Waals surface area contributed by atoms with E-state index in [0.717, 1.165) is 24.8 Å². The maximum atomic E-state index is 12.5. The van der Waals surface area contributed by atoms with Crippen molar-refractivity contribution >= 4 is 45.4 Å². The third-order valence-electron chi connectivity index (χ3n) is 4.02. The number of aryl methyl sites for hydroxylation is 1. The van der Waals surface area contributed by atoms with Gasteiger partial charge in [-0.1, -0.05) is 30.1 Å². The van der Waals surface area contributed by atoms with Crippen LogP contribution in [-0.2, 0) is 12.8 Å². The maximum Gasteiger partial charge on any atom is 0.257 e. The minimum atomic E-state index is -0.324. The average molecular weight is 365 g/mol. The second-order valence-corrected chi connectivity index (χ2v) is 7.69. The standard InChI is InChI=1S/C17H14Cl2N2OS/c1-9-2-5-15-12(6-9)13(8-20)17(23-15)21-16(22)11-4-3-10(18)7-14(11)19/h3-4,7,9H,2,5-6H2,1H3,(H,21,22)/t9-/m0/s1. The molecule has 0 bridgehead atoms. The molecule has 1 aromatic heterocycles. The van der Waals surface area contributed by atoms with Crippen molar-refractivity contribution in [3.63, 3.8) is 0 Å². The molecule has 1 aromatic carbocycles. The molecule has 1 heterocycles. The summed E-state index contributed by atoms with van der Waals surface area (Å²) in [4.78, 5) is 13.7. The average Bonchev–Trinajstić information content (AvgIpc) is 2.83. The molecule has 1 aliphatic rings. The molecule has 3 rings (SSSR count). The third-order valence-corrected chi connectivity index (χ3v) is 5.78. The molecule has 0 radical (unpaired) electrons. The molecule has 2 aromatic rings. The smallest absolute Gasteiger partial charge is 0.257 e. The number of carbonyl (C=O) groups is 1. The van der Waals surface area contributed by atoms with Crippen LogP contribution in [0.3, 0.4) is 0 Å². The number of nitrogens with zero attached hydrogens (tertiary/aromatic N) is 1. The number of rotatable bonds is 2. The summed E-state index contributed by atoms with van der Waals surface area (Å²) in [7, 11) is 0. The van der Waals surface area contributed by atoms with Gasteiger partial charge < -0.3 is 5.32 Å². The predicted octanol–water partition coefficient (Wildman–Crippen LogP) is 5.30. The van der Waals surface area contributed by atoms with E-state index in [-0.39, 0.29) is 5.91 Å². The van der Waals surface area contributed by atoms with Gasteiger partial charge in [0.25, 0.3) is 5.91 Å². The number of nitriles is 1. The summed E-state index contributed by atoms with van der Waals surface area (Å²) in [6.45, 7) is 2.19. The van der Waals surface area contributed by atoms with Gasteiger partial charge in [0.05, 0.1) is 16.1 Å². The van der Waals surface area contributed by atoms with Gasteiger partial charge in [-0.15, -0.1) is 11.3 Å². The van der Waals surface area contributed by atoms with Crippen LogP contribution in [0.25, 0.3) is 0 Å². The lowest BCUT2D eigenvalue weighted by molar-refractivity contribution is 0.102. The monoisotopic (exact) mass is 364 g/mol. The normalized spacial score (nSPS) is 16.5. The highest BCUT2D eigenvalue weighted by Crippen LogP contribution is 2.39. The van der Waals surface area contributed by atoms with Crippen molar-refractivity contribution in [1.29, 1.82) is 5.26 Å². The van der Waals surface area contributed by atoms with Gasteiger partial charge in [-0.3, -0.25) is 4.79 Å². The first-order valence-corrected chi connectivity index (χ1v) is 8.88. The quantitative estimate of drug-likeness (QED) is 0.785. The van der Waals surface area contributed by atoms with Crippen LogP contribution >= 0.6 is 34.5 Å². The minimum absolute atomic E-state index is 0.295. The zero-order valence-electron chi connectivity index (χ0n) is 12.5. The fourth-order valence-corrected chi connectivity index (χ4v) is 4.49. The topological polar surface area (TPSA) is 52.9 Å². The van der Waals surface area contributed by atoms with Crippen molar-refractivity contribution in [2.75, 3.05) is 5.32 Å². The number of fused-ring (bicyclic) bond motifs is 1. The zero-order chi connectivity index (χ0) is 16.6. The van der Waals surface area contributed by atoms with E-state index in [2.05, 4.69) is 18.3 Å². The minimum Gasteiger partial charge on any atom is -0.312 e. The van der Waals surface area contributed by atoms with Crippen LogP contribution in [-0.4, -0.2) is 5.91 Å². The Bertz CT molecular complexity index is 823. The van der Waals surface area contributed by atoms with Crippen LogP contribution in [0.4, 0.5) is 5.00 Å². The lowest BCUT2D eigenvalue weighted by Gasteiger charge is -2.17. The summed E-state index contributed by atoms with van der Waals surface area (Å²) >= 11 is 13.4. The second kappa shape index (κ2) is 6.52. The van der Waals surface area contributed by atoms with E-state index < -0.39 is 0 Å². The summed E-state index contributed by atoms with van der Waals surface area (Å²) in [5, 5.41) is 13.7. The molecular weight excluding hydrogens is 351 g/mol. The fraction of sp³-hybridized carbons (Fsp3) is 0.294. The Kier molecular flexibility index (Phi) is 4.63. The number of halogens is 2. The summed E-state index contributed by atoms with van der Waals surface area (Å²) in [6, 6.07) is 6.98. The first-order valence-electron chi connectivity index (χ1n) is 7.30. The van der Waals surface area contributed by atoms with E-state index >= 15 is 0 Å². The molecule has 0 saturated carbocycles. The Labute approximate surface area is 148 Å². The summed E-state index contributed by atoms with van der Waals surface area (Å²) in [5.41, 5.74) is 2.03. The predicted molar refractivity (Wildman–Crippen MR) is 94.6 cm³/mol. The van der Waals surface area contributed by atoms with Crippen LogP contribution in [0.1, 0.15) is 39.7 Å².